The Labute approximate surface area is 131 Å². The first kappa shape index (κ1) is 16.4. The lowest BCUT2D eigenvalue weighted by Gasteiger charge is -2.36. The summed E-state index contributed by atoms with van der Waals surface area (Å²) in [4.78, 5) is 20.9. The zero-order chi connectivity index (χ0) is 15.1. The highest BCUT2D eigenvalue weighted by Gasteiger charge is 2.19. The number of likely N-dealkylation sites (N-methyl/N-ethyl adjacent to an activating group) is 1. The van der Waals surface area contributed by atoms with E-state index in [1.54, 1.807) is 11.3 Å². The van der Waals surface area contributed by atoms with Crippen LogP contribution in [-0.4, -0.2) is 66.5 Å². The Morgan fingerprint density at radius 2 is 2.19 bits per heavy atom. The molecule has 6 heteroatoms. The Hall–Kier alpha value is -0.980. The van der Waals surface area contributed by atoms with Crippen LogP contribution in [0.15, 0.2) is 10.9 Å². The van der Waals surface area contributed by atoms with Gasteiger partial charge in [0.25, 0.3) is 0 Å². The summed E-state index contributed by atoms with van der Waals surface area (Å²) in [5, 5.41) is 5.01. The third kappa shape index (κ3) is 5.73. The number of nitrogens with one attached hydrogen (secondary N) is 1. The second-order valence-electron chi connectivity index (χ2n) is 5.81. The molecule has 1 atom stereocenters. The maximum absolute atomic E-state index is 11.9. The van der Waals surface area contributed by atoms with E-state index >= 15 is 0 Å². The van der Waals surface area contributed by atoms with Gasteiger partial charge in [-0.05, 0) is 20.4 Å². The van der Waals surface area contributed by atoms with Gasteiger partial charge >= 0.3 is 0 Å². The molecule has 2 rings (SSSR count). The number of thiazole rings is 1. The van der Waals surface area contributed by atoms with Crippen molar-refractivity contribution in [3.8, 4) is 0 Å². The van der Waals surface area contributed by atoms with Crippen LogP contribution < -0.4 is 5.32 Å². The van der Waals surface area contributed by atoms with Crippen molar-refractivity contribution in [2.75, 3.05) is 39.8 Å². The average Bonchev–Trinajstić information content (AvgIpc) is 2.99. The molecule has 1 saturated heterocycles. The van der Waals surface area contributed by atoms with E-state index in [1.807, 2.05) is 10.9 Å². The van der Waals surface area contributed by atoms with Gasteiger partial charge in [-0.15, -0.1) is 11.3 Å². The minimum Gasteiger partial charge on any atom is -0.356 e. The fourth-order valence-corrected chi connectivity index (χ4v) is 3.16. The fourth-order valence-electron chi connectivity index (χ4n) is 2.56. The normalized spacial score (nSPS) is 18.6. The highest BCUT2D eigenvalue weighted by molar-refractivity contribution is 7.07. The van der Waals surface area contributed by atoms with Crippen LogP contribution in [0.25, 0.3) is 0 Å². The van der Waals surface area contributed by atoms with Crippen molar-refractivity contribution in [2.24, 2.45) is 0 Å². The van der Waals surface area contributed by atoms with Crippen molar-refractivity contribution in [3.63, 3.8) is 0 Å². The van der Waals surface area contributed by atoms with Crippen LogP contribution in [0.1, 0.15) is 25.5 Å². The summed E-state index contributed by atoms with van der Waals surface area (Å²) in [5.41, 5.74) is 2.89. The van der Waals surface area contributed by atoms with Crippen molar-refractivity contribution in [3.05, 3.63) is 16.6 Å². The topological polar surface area (TPSA) is 48.5 Å². The van der Waals surface area contributed by atoms with Crippen LogP contribution in [0.2, 0.25) is 0 Å². The number of aromatic nitrogens is 1. The van der Waals surface area contributed by atoms with Gasteiger partial charge in [-0.2, -0.15) is 0 Å². The lowest BCUT2D eigenvalue weighted by molar-refractivity contribution is -0.121. The van der Waals surface area contributed by atoms with Gasteiger partial charge in [-0.3, -0.25) is 9.69 Å². The van der Waals surface area contributed by atoms with E-state index < -0.39 is 0 Å². The predicted octanol–water partition coefficient (Wildman–Crippen LogP) is 1.22. The third-order valence-electron chi connectivity index (χ3n) is 4.14. The lowest BCUT2D eigenvalue weighted by Crippen LogP contribution is -2.48. The van der Waals surface area contributed by atoms with E-state index in [1.165, 1.54) is 0 Å². The van der Waals surface area contributed by atoms with Gasteiger partial charge in [0.05, 0.1) is 11.2 Å². The van der Waals surface area contributed by atoms with Gasteiger partial charge < -0.3 is 10.2 Å². The maximum Gasteiger partial charge on any atom is 0.220 e. The van der Waals surface area contributed by atoms with E-state index in [0.717, 1.165) is 44.7 Å². The molecule has 1 aliphatic heterocycles. The first-order valence-electron chi connectivity index (χ1n) is 7.71. The van der Waals surface area contributed by atoms with Crippen molar-refractivity contribution in [1.29, 1.82) is 0 Å². The number of piperazine rings is 1. The highest BCUT2D eigenvalue weighted by Crippen LogP contribution is 2.10. The summed E-state index contributed by atoms with van der Waals surface area (Å²) in [7, 11) is 2.16. The molecule has 1 aromatic rings. The number of hydrogen-bond donors (Lipinski definition) is 1. The van der Waals surface area contributed by atoms with E-state index in [0.29, 0.717) is 19.0 Å². The van der Waals surface area contributed by atoms with Gasteiger partial charge in [0.2, 0.25) is 5.91 Å². The summed E-state index contributed by atoms with van der Waals surface area (Å²) >= 11 is 1.60. The standard InChI is InChI=1S/C15H26N4OS/c1-13(19-9-7-18(2)8-10-19)3-4-15(20)16-6-5-14-11-21-12-17-14/h11-13H,3-10H2,1-2H3,(H,16,20)/t13-/m0/s1. The monoisotopic (exact) mass is 310 g/mol. The van der Waals surface area contributed by atoms with Crippen LogP contribution in [0.3, 0.4) is 0 Å². The Morgan fingerprint density at radius 1 is 1.43 bits per heavy atom. The van der Waals surface area contributed by atoms with Gasteiger partial charge in [0.15, 0.2) is 0 Å². The quantitative estimate of drug-likeness (QED) is 0.823. The molecule has 0 radical (unpaired) electrons. The second kappa shape index (κ2) is 8.46. The highest BCUT2D eigenvalue weighted by atomic mass is 32.1. The Kier molecular flexibility index (Phi) is 6.60. The molecule has 1 aliphatic rings. The summed E-state index contributed by atoms with van der Waals surface area (Å²) in [6.07, 6.45) is 2.38. The van der Waals surface area contributed by atoms with Gasteiger partial charge in [-0.1, -0.05) is 0 Å². The molecule has 1 N–H and O–H groups in total. The molecule has 0 aromatic carbocycles. The molecule has 1 fully saturated rings. The van der Waals surface area contributed by atoms with Crippen LogP contribution >= 0.6 is 11.3 Å². The van der Waals surface area contributed by atoms with E-state index in [2.05, 4.69) is 34.1 Å². The van der Waals surface area contributed by atoms with Crippen molar-refractivity contribution in [1.82, 2.24) is 20.1 Å². The molecule has 0 aliphatic carbocycles. The number of rotatable bonds is 7. The van der Waals surface area contributed by atoms with E-state index in [-0.39, 0.29) is 5.91 Å². The number of nitrogens with zero attached hydrogens (tertiary/aromatic N) is 3. The Balaban J connectivity index is 1.57. The first-order valence-corrected chi connectivity index (χ1v) is 8.66. The average molecular weight is 310 g/mol. The van der Waals surface area contributed by atoms with Gasteiger partial charge in [0.1, 0.15) is 0 Å². The summed E-state index contributed by atoms with van der Waals surface area (Å²) in [6, 6.07) is 0.489. The predicted molar refractivity (Wildman–Crippen MR) is 86.6 cm³/mol. The van der Waals surface area contributed by atoms with Crippen LogP contribution in [0, 0.1) is 0 Å². The summed E-state index contributed by atoms with van der Waals surface area (Å²) in [6.45, 7) is 7.40. The molecule has 2 heterocycles. The van der Waals surface area contributed by atoms with Crippen molar-refractivity contribution >= 4 is 17.2 Å². The summed E-state index contributed by atoms with van der Waals surface area (Å²) in [5.74, 6) is 0.159. The molecule has 0 spiro atoms. The van der Waals surface area contributed by atoms with E-state index in [9.17, 15) is 4.79 Å². The molecule has 0 unspecified atom stereocenters. The van der Waals surface area contributed by atoms with E-state index in [4.69, 9.17) is 0 Å². The maximum atomic E-state index is 11.9. The van der Waals surface area contributed by atoms with Crippen LogP contribution in [0.5, 0.6) is 0 Å². The number of carbonyl (C=O) groups is 1. The minimum atomic E-state index is 0.159. The van der Waals surface area contributed by atoms with Crippen molar-refractivity contribution < 1.29 is 4.79 Å². The molecular weight excluding hydrogens is 284 g/mol. The smallest absolute Gasteiger partial charge is 0.220 e. The molecule has 5 nitrogen and oxygen atoms in total. The molecule has 1 amide bonds. The zero-order valence-electron chi connectivity index (χ0n) is 13.0. The molecule has 118 valence electrons. The first-order chi connectivity index (χ1) is 10.1. The van der Waals surface area contributed by atoms with Gasteiger partial charge in [0, 0.05) is 57.0 Å². The molecule has 21 heavy (non-hydrogen) atoms. The largest absolute Gasteiger partial charge is 0.356 e. The van der Waals surface area contributed by atoms with Crippen LogP contribution in [0.4, 0.5) is 0 Å². The number of amides is 1. The molecule has 0 saturated carbocycles. The third-order valence-corrected chi connectivity index (χ3v) is 4.77. The molecule has 0 bridgehead atoms. The number of carbonyl (C=O) groups excluding carboxylic acids is 1. The van der Waals surface area contributed by atoms with Crippen LogP contribution in [-0.2, 0) is 11.2 Å². The SMILES string of the molecule is C[C@@H](CCC(=O)NCCc1cscn1)N1CCN(C)CC1. The zero-order valence-corrected chi connectivity index (χ0v) is 13.9. The Bertz CT molecular complexity index is 415. The lowest BCUT2D eigenvalue weighted by atomic mass is 10.1. The van der Waals surface area contributed by atoms with Gasteiger partial charge in [-0.25, -0.2) is 4.98 Å². The minimum absolute atomic E-state index is 0.159. The van der Waals surface area contributed by atoms with Crippen molar-refractivity contribution in [2.45, 2.75) is 32.2 Å². The molecule has 1 aromatic heterocycles. The Morgan fingerprint density at radius 3 is 2.86 bits per heavy atom. The second-order valence-corrected chi connectivity index (χ2v) is 6.53. The molecular formula is C15H26N4OS. The fraction of sp³-hybridized carbons (Fsp3) is 0.733. The summed E-state index contributed by atoms with van der Waals surface area (Å²) < 4.78 is 0. The number of hydrogen-bond acceptors (Lipinski definition) is 5.